The molecule has 1 saturated carbocycles. The van der Waals surface area contributed by atoms with Crippen LogP contribution >= 0.6 is 23.4 Å². The summed E-state index contributed by atoms with van der Waals surface area (Å²) in [5.41, 5.74) is 1.01. The summed E-state index contributed by atoms with van der Waals surface area (Å²) in [6.45, 7) is 0. The molecule has 5 heteroatoms. The molecule has 0 unspecified atom stereocenters. The first kappa shape index (κ1) is 11.1. The number of H-pyrrole nitrogens is 1. The van der Waals surface area contributed by atoms with Gasteiger partial charge in [0, 0.05) is 16.3 Å². The number of nitrogens with zero attached hydrogens (tertiary/aromatic N) is 2. The fraction of sp³-hybridized carbons (Fsp3) is 0.333. The third-order valence-electron chi connectivity index (χ3n) is 2.73. The van der Waals surface area contributed by atoms with Gasteiger partial charge in [-0.15, -0.1) is 5.10 Å². The fourth-order valence-corrected chi connectivity index (χ4v) is 2.63. The van der Waals surface area contributed by atoms with Crippen molar-refractivity contribution in [2.75, 3.05) is 5.75 Å². The number of aromatic amines is 1. The molecule has 1 aromatic heterocycles. The first-order valence-electron chi connectivity index (χ1n) is 5.62. The van der Waals surface area contributed by atoms with E-state index in [0.717, 1.165) is 33.2 Å². The summed E-state index contributed by atoms with van der Waals surface area (Å²) < 4.78 is 0. The quantitative estimate of drug-likeness (QED) is 0.859. The lowest BCUT2D eigenvalue weighted by molar-refractivity contribution is 0.952. The van der Waals surface area contributed by atoms with Crippen LogP contribution in [0, 0.1) is 5.92 Å². The summed E-state index contributed by atoms with van der Waals surface area (Å²) in [7, 11) is 0. The van der Waals surface area contributed by atoms with Gasteiger partial charge in [-0.05, 0) is 43.0 Å². The first-order chi connectivity index (χ1) is 8.31. The van der Waals surface area contributed by atoms with Crippen molar-refractivity contribution >= 4 is 23.4 Å². The van der Waals surface area contributed by atoms with E-state index in [0.29, 0.717) is 0 Å². The lowest BCUT2D eigenvalue weighted by atomic mass is 10.2. The van der Waals surface area contributed by atoms with Crippen molar-refractivity contribution in [3.8, 4) is 11.4 Å². The van der Waals surface area contributed by atoms with Crippen LogP contribution in [0.5, 0.6) is 0 Å². The second-order valence-electron chi connectivity index (χ2n) is 4.23. The molecule has 1 aliphatic rings. The highest BCUT2D eigenvalue weighted by molar-refractivity contribution is 7.99. The van der Waals surface area contributed by atoms with E-state index in [-0.39, 0.29) is 0 Å². The molecule has 88 valence electrons. The average molecular weight is 266 g/mol. The molecule has 1 heterocycles. The first-order valence-corrected chi connectivity index (χ1v) is 6.99. The minimum absolute atomic E-state index is 0.733. The maximum absolute atomic E-state index is 5.85. The molecule has 0 spiro atoms. The monoisotopic (exact) mass is 265 g/mol. The van der Waals surface area contributed by atoms with Crippen LogP contribution in [0.2, 0.25) is 5.02 Å². The average Bonchev–Trinajstić information content (AvgIpc) is 3.06. The SMILES string of the molecule is Clc1ccc(-c2nc(SCC3CC3)n[nH]2)cc1. The lowest BCUT2D eigenvalue weighted by Gasteiger charge is -1.95. The van der Waals surface area contributed by atoms with Gasteiger partial charge in [0.05, 0.1) is 0 Å². The number of rotatable bonds is 4. The Balaban J connectivity index is 1.72. The molecule has 3 nitrogen and oxygen atoms in total. The van der Waals surface area contributed by atoms with Crippen molar-refractivity contribution in [1.29, 1.82) is 0 Å². The summed E-state index contributed by atoms with van der Waals surface area (Å²) in [6, 6.07) is 7.60. The molecule has 0 radical (unpaired) electrons. The molecular formula is C12H12ClN3S. The molecule has 1 aliphatic carbocycles. The molecule has 2 aromatic rings. The van der Waals surface area contributed by atoms with E-state index in [4.69, 9.17) is 11.6 Å². The standard InChI is InChI=1S/C12H12ClN3S/c13-10-5-3-9(4-6-10)11-14-12(16-15-11)17-7-8-1-2-8/h3-6,8H,1-2,7H2,(H,14,15,16). The van der Waals surface area contributed by atoms with E-state index < -0.39 is 0 Å². The van der Waals surface area contributed by atoms with Gasteiger partial charge in [-0.25, -0.2) is 4.98 Å². The molecule has 0 saturated heterocycles. The topological polar surface area (TPSA) is 41.6 Å². The third kappa shape index (κ3) is 2.82. The molecular weight excluding hydrogens is 254 g/mol. The highest BCUT2D eigenvalue weighted by atomic mass is 35.5. The molecule has 0 atom stereocenters. The summed E-state index contributed by atoms with van der Waals surface area (Å²) in [5, 5.41) is 8.74. The molecule has 1 N–H and O–H groups in total. The zero-order chi connectivity index (χ0) is 11.7. The van der Waals surface area contributed by atoms with Gasteiger partial charge in [0.15, 0.2) is 5.82 Å². The van der Waals surface area contributed by atoms with Gasteiger partial charge in [0.25, 0.3) is 0 Å². The van der Waals surface area contributed by atoms with Crippen LogP contribution in [-0.2, 0) is 0 Å². The molecule has 17 heavy (non-hydrogen) atoms. The number of nitrogens with one attached hydrogen (secondary N) is 1. The van der Waals surface area contributed by atoms with Crippen molar-refractivity contribution in [3.05, 3.63) is 29.3 Å². The Hall–Kier alpha value is -1.00. The van der Waals surface area contributed by atoms with Crippen LogP contribution in [0.1, 0.15) is 12.8 Å². The minimum Gasteiger partial charge on any atom is -0.258 e. The number of halogens is 1. The summed E-state index contributed by atoms with van der Waals surface area (Å²) in [5.74, 6) is 2.83. The molecule has 0 aliphatic heterocycles. The molecule has 1 fully saturated rings. The largest absolute Gasteiger partial charge is 0.258 e. The van der Waals surface area contributed by atoms with Gasteiger partial charge in [0.1, 0.15) is 0 Å². The summed E-state index contributed by atoms with van der Waals surface area (Å²) >= 11 is 7.58. The Bertz CT molecular complexity index is 505. The van der Waals surface area contributed by atoms with E-state index in [9.17, 15) is 0 Å². The normalized spacial score (nSPS) is 15.1. The number of hydrogen-bond acceptors (Lipinski definition) is 3. The molecule has 0 amide bonds. The molecule has 1 aromatic carbocycles. The van der Waals surface area contributed by atoms with Gasteiger partial charge in [-0.1, -0.05) is 23.4 Å². The van der Waals surface area contributed by atoms with Crippen LogP contribution in [0.15, 0.2) is 29.4 Å². The Labute approximate surface area is 109 Å². The van der Waals surface area contributed by atoms with Crippen LogP contribution in [0.25, 0.3) is 11.4 Å². The Morgan fingerprint density at radius 3 is 2.76 bits per heavy atom. The van der Waals surface area contributed by atoms with Crippen molar-refractivity contribution in [2.24, 2.45) is 5.92 Å². The number of aromatic nitrogens is 3. The third-order valence-corrected chi connectivity index (χ3v) is 4.06. The predicted octanol–water partition coefficient (Wildman–Crippen LogP) is 3.63. The highest BCUT2D eigenvalue weighted by Gasteiger charge is 2.22. The van der Waals surface area contributed by atoms with Gasteiger partial charge < -0.3 is 0 Å². The van der Waals surface area contributed by atoms with E-state index in [1.807, 2.05) is 24.3 Å². The van der Waals surface area contributed by atoms with Crippen LogP contribution in [-0.4, -0.2) is 20.9 Å². The van der Waals surface area contributed by atoms with Crippen LogP contribution in [0.3, 0.4) is 0 Å². The predicted molar refractivity (Wildman–Crippen MR) is 70.3 cm³/mol. The van der Waals surface area contributed by atoms with Crippen molar-refractivity contribution in [3.63, 3.8) is 0 Å². The van der Waals surface area contributed by atoms with E-state index in [1.54, 1.807) is 11.8 Å². The number of benzene rings is 1. The van der Waals surface area contributed by atoms with Crippen molar-refractivity contribution in [1.82, 2.24) is 15.2 Å². The summed E-state index contributed by atoms with van der Waals surface area (Å²) in [4.78, 5) is 4.46. The van der Waals surface area contributed by atoms with E-state index in [1.165, 1.54) is 12.8 Å². The zero-order valence-corrected chi connectivity index (χ0v) is 10.8. The number of hydrogen-bond donors (Lipinski definition) is 1. The Morgan fingerprint density at radius 1 is 1.29 bits per heavy atom. The fourth-order valence-electron chi connectivity index (χ4n) is 1.52. The second-order valence-corrected chi connectivity index (χ2v) is 5.65. The van der Waals surface area contributed by atoms with Crippen molar-refractivity contribution < 1.29 is 0 Å². The molecule has 0 bridgehead atoms. The minimum atomic E-state index is 0.733. The number of thioether (sulfide) groups is 1. The maximum atomic E-state index is 5.85. The van der Waals surface area contributed by atoms with Crippen LogP contribution < -0.4 is 0 Å². The van der Waals surface area contributed by atoms with Gasteiger partial charge >= 0.3 is 0 Å². The highest BCUT2D eigenvalue weighted by Crippen LogP contribution is 2.34. The van der Waals surface area contributed by atoms with Gasteiger partial charge in [-0.3, -0.25) is 5.10 Å². The molecule has 3 rings (SSSR count). The Morgan fingerprint density at radius 2 is 2.06 bits per heavy atom. The van der Waals surface area contributed by atoms with Gasteiger partial charge in [-0.2, -0.15) is 0 Å². The summed E-state index contributed by atoms with van der Waals surface area (Å²) in [6.07, 6.45) is 2.73. The zero-order valence-electron chi connectivity index (χ0n) is 9.19. The lowest BCUT2D eigenvalue weighted by Crippen LogP contribution is -1.82. The second kappa shape index (κ2) is 4.70. The van der Waals surface area contributed by atoms with Crippen molar-refractivity contribution in [2.45, 2.75) is 18.0 Å². The van der Waals surface area contributed by atoms with Gasteiger partial charge in [0.2, 0.25) is 5.16 Å². The smallest absolute Gasteiger partial charge is 0.208 e. The van der Waals surface area contributed by atoms with Crippen LogP contribution in [0.4, 0.5) is 0 Å². The maximum Gasteiger partial charge on any atom is 0.208 e. The Kier molecular flexibility index (Phi) is 3.07. The van der Waals surface area contributed by atoms with E-state index >= 15 is 0 Å². The van der Waals surface area contributed by atoms with E-state index in [2.05, 4.69) is 15.2 Å².